The molecule has 1 aromatic carbocycles. The fraction of sp³-hybridized carbons (Fsp3) is 0.353. The van der Waals surface area contributed by atoms with Crippen molar-refractivity contribution in [2.45, 2.75) is 37.6 Å². The summed E-state index contributed by atoms with van der Waals surface area (Å²) in [4.78, 5) is 3.92. The highest BCUT2D eigenvalue weighted by Crippen LogP contribution is 2.37. The molecule has 3 nitrogen and oxygen atoms in total. The molecular weight excluding hydrogens is 265 g/mol. The van der Waals surface area contributed by atoms with Crippen LogP contribution in [0.1, 0.15) is 47.9 Å². The second-order valence-electron chi connectivity index (χ2n) is 5.68. The van der Waals surface area contributed by atoms with Crippen molar-refractivity contribution in [1.82, 2.24) is 10.4 Å². The van der Waals surface area contributed by atoms with Gasteiger partial charge in [0.1, 0.15) is 5.82 Å². The number of hydrogen-bond donors (Lipinski definition) is 2. The van der Waals surface area contributed by atoms with Crippen molar-refractivity contribution in [1.29, 1.82) is 0 Å². The van der Waals surface area contributed by atoms with Crippen molar-refractivity contribution in [3.8, 4) is 0 Å². The molecule has 0 saturated heterocycles. The van der Waals surface area contributed by atoms with Gasteiger partial charge in [0, 0.05) is 12.2 Å². The number of hydrogen-bond acceptors (Lipinski definition) is 3. The van der Waals surface area contributed by atoms with Gasteiger partial charge in [0.05, 0.1) is 6.20 Å². The fourth-order valence-corrected chi connectivity index (χ4v) is 3.30. The smallest absolute Gasteiger partial charge is 0.141 e. The average Bonchev–Trinajstić information content (AvgIpc) is 2.52. The highest BCUT2D eigenvalue weighted by molar-refractivity contribution is 5.33. The number of pyridine rings is 1. The minimum Gasteiger partial charge on any atom is -0.271 e. The maximum absolute atomic E-state index is 13.4. The number of aromatic nitrogens is 1. The molecule has 1 aromatic heterocycles. The van der Waals surface area contributed by atoms with E-state index < -0.39 is 0 Å². The molecule has 1 heterocycles. The molecule has 1 aliphatic carbocycles. The minimum absolute atomic E-state index is 0.0793. The first-order valence-electron chi connectivity index (χ1n) is 7.42. The number of aryl methyl sites for hydroxylation is 1. The summed E-state index contributed by atoms with van der Waals surface area (Å²) < 4.78 is 13.4. The van der Waals surface area contributed by atoms with Gasteiger partial charge in [-0.3, -0.25) is 16.3 Å². The van der Waals surface area contributed by atoms with Crippen molar-refractivity contribution in [2.75, 3.05) is 0 Å². The van der Waals surface area contributed by atoms with E-state index in [2.05, 4.69) is 34.7 Å². The summed E-state index contributed by atoms with van der Waals surface area (Å²) in [5, 5.41) is 0. The van der Waals surface area contributed by atoms with E-state index in [1.165, 1.54) is 29.8 Å². The summed E-state index contributed by atoms with van der Waals surface area (Å²) in [7, 11) is 0. The zero-order chi connectivity index (χ0) is 14.7. The van der Waals surface area contributed by atoms with Crippen molar-refractivity contribution in [2.24, 2.45) is 5.84 Å². The summed E-state index contributed by atoms with van der Waals surface area (Å²) in [6.45, 7) is 0. The highest BCUT2D eigenvalue weighted by Gasteiger charge is 2.24. The van der Waals surface area contributed by atoms with Crippen molar-refractivity contribution in [3.05, 3.63) is 65.2 Å². The number of nitrogens with one attached hydrogen (secondary N) is 1. The van der Waals surface area contributed by atoms with Gasteiger partial charge < -0.3 is 0 Å². The second kappa shape index (κ2) is 6.33. The van der Waals surface area contributed by atoms with Crippen LogP contribution in [-0.2, 0) is 6.42 Å². The van der Waals surface area contributed by atoms with Crippen LogP contribution in [0.5, 0.6) is 0 Å². The Bertz CT molecular complexity index is 614. The number of fused-ring (bicyclic) bond motifs is 1. The summed E-state index contributed by atoms with van der Waals surface area (Å²) in [5.41, 5.74) is 6.47. The van der Waals surface area contributed by atoms with Crippen LogP contribution in [-0.4, -0.2) is 4.98 Å². The summed E-state index contributed by atoms with van der Waals surface area (Å²) in [5.74, 6) is 5.83. The van der Waals surface area contributed by atoms with Gasteiger partial charge in [-0.2, -0.15) is 0 Å². The number of benzene rings is 1. The third-order valence-corrected chi connectivity index (χ3v) is 4.34. The molecule has 0 spiro atoms. The maximum atomic E-state index is 13.4. The highest BCUT2D eigenvalue weighted by atomic mass is 19.1. The monoisotopic (exact) mass is 285 g/mol. The van der Waals surface area contributed by atoms with Crippen molar-refractivity contribution < 1.29 is 4.39 Å². The zero-order valence-corrected chi connectivity index (χ0v) is 11.9. The zero-order valence-electron chi connectivity index (χ0n) is 11.9. The van der Waals surface area contributed by atoms with Crippen LogP contribution in [0.4, 0.5) is 4.39 Å². The minimum atomic E-state index is -0.322. The summed E-state index contributed by atoms with van der Waals surface area (Å²) >= 11 is 0. The van der Waals surface area contributed by atoms with Gasteiger partial charge in [-0.1, -0.05) is 24.3 Å². The molecule has 0 fully saturated rings. The predicted molar refractivity (Wildman–Crippen MR) is 81.0 cm³/mol. The van der Waals surface area contributed by atoms with Crippen LogP contribution >= 0.6 is 0 Å². The first kappa shape index (κ1) is 14.2. The number of nitrogens with two attached hydrogens (primary N) is 1. The molecule has 1 aliphatic rings. The Hall–Kier alpha value is -1.78. The fourth-order valence-electron chi connectivity index (χ4n) is 3.30. The summed E-state index contributed by atoms with van der Waals surface area (Å²) in [6, 6.07) is 10.0. The van der Waals surface area contributed by atoms with Gasteiger partial charge in [0.15, 0.2) is 0 Å². The van der Waals surface area contributed by atoms with E-state index in [-0.39, 0.29) is 11.9 Å². The standard InChI is InChI=1S/C17H20FN3/c18-15-8-14(10-20-11-15)17(21-19)9-13-6-3-5-12-4-1-2-7-16(12)13/h1-2,4,7-8,10-11,13,17,21H,3,5-6,9,19H2. The van der Waals surface area contributed by atoms with E-state index in [1.807, 2.05) is 0 Å². The van der Waals surface area contributed by atoms with Crippen LogP contribution in [0, 0.1) is 5.82 Å². The Morgan fingerprint density at radius 3 is 3.00 bits per heavy atom. The van der Waals surface area contributed by atoms with Gasteiger partial charge in [0.25, 0.3) is 0 Å². The SMILES string of the molecule is NNC(CC1CCCc2ccccc21)c1cncc(F)c1. The molecule has 21 heavy (non-hydrogen) atoms. The Kier molecular flexibility index (Phi) is 4.27. The third-order valence-electron chi connectivity index (χ3n) is 4.34. The number of halogens is 1. The predicted octanol–water partition coefficient (Wildman–Crippen LogP) is 3.24. The first-order valence-corrected chi connectivity index (χ1v) is 7.42. The molecule has 110 valence electrons. The molecule has 3 rings (SSSR count). The molecule has 2 aromatic rings. The van der Waals surface area contributed by atoms with E-state index in [9.17, 15) is 4.39 Å². The molecule has 4 heteroatoms. The van der Waals surface area contributed by atoms with Gasteiger partial charge in [0.2, 0.25) is 0 Å². The lowest BCUT2D eigenvalue weighted by atomic mass is 9.79. The molecular formula is C17H20FN3. The number of hydrazine groups is 1. The van der Waals surface area contributed by atoms with Crippen LogP contribution in [0.2, 0.25) is 0 Å². The van der Waals surface area contributed by atoms with Gasteiger partial charge in [-0.15, -0.1) is 0 Å². The van der Waals surface area contributed by atoms with E-state index in [1.54, 1.807) is 6.20 Å². The lowest BCUT2D eigenvalue weighted by molar-refractivity contribution is 0.423. The second-order valence-corrected chi connectivity index (χ2v) is 5.68. The maximum Gasteiger partial charge on any atom is 0.141 e. The Balaban J connectivity index is 1.82. The van der Waals surface area contributed by atoms with Gasteiger partial charge in [-0.25, -0.2) is 4.39 Å². The number of nitrogens with zero attached hydrogens (tertiary/aromatic N) is 1. The third kappa shape index (κ3) is 3.12. The van der Waals surface area contributed by atoms with Crippen LogP contribution in [0.25, 0.3) is 0 Å². The topological polar surface area (TPSA) is 50.9 Å². The van der Waals surface area contributed by atoms with Crippen molar-refractivity contribution in [3.63, 3.8) is 0 Å². The molecule has 3 N–H and O–H groups in total. The lowest BCUT2D eigenvalue weighted by Gasteiger charge is -2.29. The normalized spacial score (nSPS) is 19.0. The Labute approximate surface area is 124 Å². The van der Waals surface area contributed by atoms with Gasteiger partial charge in [-0.05, 0) is 54.4 Å². The van der Waals surface area contributed by atoms with E-state index in [0.717, 1.165) is 24.8 Å². The lowest BCUT2D eigenvalue weighted by Crippen LogP contribution is -2.30. The van der Waals surface area contributed by atoms with E-state index >= 15 is 0 Å². The first-order chi connectivity index (χ1) is 10.3. The summed E-state index contributed by atoms with van der Waals surface area (Å²) in [6.07, 6.45) is 7.25. The quantitative estimate of drug-likeness (QED) is 0.670. The van der Waals surface area contributed by atoms with E-state index in [4.69, 9.17) is 5.84 Å². The molecule has 0 bridgehead atoms. The van der Waals surface area contributed by atoms with E-state index in [0.29, 0.717) is 5.92 Å². The molecule has 2 unspecified atom stereocenters. The van der Waals surface area contributed by atoms with Crippen LogP contribution < -0.4 is 11.3 Å². The van der Waals surface area contributed by atoms with Crippen LogP contribution in [0.3, 0.4) is 0 Å². The molecule has 2 atom stereocenters. The molecule has 0 amide bonds. The molecule has 0 saturated carbocycles. The average molecular weight is 285 g/mol. The molecule has 0 radical (unpaired) electrons. The number of rotatable bonds is 4. The largest absolute Gasteiger partial charge is 0.271 e. The molecule has 0 aliphatic heterocycles. The van der Waals surface area contributed by atoms with Gasteiger partial charge >= 0.3 is 0 Å². The Morgan fingerprint density at radius 2 is 2.19 bits per heavy atom. The Morgan fingerprint density at radius 1 is 1.33 bits per heavy atom. The van der Waals surface area contributed by atoms with Crippen LogP contribution in [0.15, 0.2) is 42.7 Å². The van der Waals surface area contributed by atoms with Crippen molar-refractivity contribution >= 4 is 0 Å².